The minimum atomic E-state index is -0.0498. The maximum atomic E-state index is 6.01. The molecule has 2 rings (SSSR count). The van der Waals surface area contributed by atoms with Crippen LogP contribution in [0.2, 0.25) is 0 Å². The van der Waals surface area contributed by atoms with Crippen molar-refractivity contribution in [2.45, 2.75) is 52.1 Å². The molecule has 15 heavy (non-hydrogen) atoms. The van der Waals surface area contributed by atoms with Crippen molar-refractivity contribution in [1.29, 1.82) is 0 Å². The van der Waals surface area contributed by atoms with Gasteiger partial charge in [0.1, 0.15) is 11.4 Å². The smallest absolute Gasteiger partial charge is 0.123 e. The minimum absolute atomic E-state index is 0.0498. The molecule has 1 nitrogen and oxygen atoms in total. The summed E-state index contributed by atoms with van der Waals surface area (Å²) in [7, 11) is 0. The van der Waals surface area contributed by atoms with Gasteiger partial charge in [-0.15, -0.1) is 0 Å². The van der Waals surface area contributed by atoms with E-state index in [-0.39, 0.29) is 11.0 Å². The van der Waals surface area contributed by atoms with Gasteiger partial charge < -0.3 is 4.74 Å². The van der Waals surface area contributed by atoms with Crippen molar-refractivity contribution < 1.29 is 4.74 Å². The van der Waals surface area contributed by atoms with Gasteiger partial charge in [0.2, 0.25) is 0 Å². The standard InChI is InChI=1S/C14H20O/c1-10-6-7-12-11(8-10)13(2,3)9-14(4,5)15-12/h6-8H,9H2,1-5H3. The maximum Gasteiger partial charge on any atom is 0.123 e. The Balaban J connectivity index is 2.55. The van der Waals surface area contributed by atoms with Crippen LogP contribution < -0.4 is 4.74 Å². The van der Waals surface area contributed by atoms with Crippen molar-refractivity contribution in [2.75, 3.05) is 0 Å². The number of benzene rings is 1. The van der Waals surface area contributed by atoms with Gasteiger partial charge in [0.25, 0.3) is 0 Å². The molecule has 0 aliphatic carbocycles. The number of rotatable bonds is 0. The Morgan fingerprint density at radius 2 is 1.80 bits per heavy atom. The first-order valence-electron chi connectivity index (χ1n) is 5.60. The fourth-order valence-corrected chi connectivity index (χ4v) is 2.75. The molecule has 1 aromatic carbocycles. The lowest BCUT2D eigenvalue weighted by molar-refractivity contribution is 0.0534. The van der Waals surface area contributed by atoms with Crippen LogP contribution in [-0.4, -0.2) is 5.60 Å². The summed E-state index contributed by atoms with van der Waals surface area (Å²) in [5.41, 5.74) is 2.82. The molecule has 1 aliphatic rings. The largest absolute Gasteiger partial charge is 0.488 e. The van der Waals surface area contributed by atoms with Gasteiger partial charge >= 0.3 is 0 Å². The Hall–Kier alpha value is -0.980. The summed E-state index contributed by atoms with van der Waals surface area (Å²) in [6, 6.07) is 6.48. The van der Waals surface area contributed by atoms with Crippen LogP contribution in [0.4, 0.5) is 0 Å². The molecular weight excluding hydrogens is 184 g/mol. The van der Waals surface area contributed by atoms with Crippen LogP contribution in [0, 0.1) is 6.92 Å². The highest BCUT2D eigenvalue weighted by Crippen LogP contribution is 2.44. The summed E-state index contributed by atoms with van der Waals surface area (Å²) < 4.78 is 6.01. The molecule has 1 heteroatoms. The topological polar surface area (TPSA) is 9.23 Å². The number of fused-ring (bicyclic) bond motifs is 1. The third-order valence-electron chi connectivity index (χ3n) is 3.12. The van der Waals surface area contributed by atoms with Gasteiger partial charge in [-0.2, -0.15) is 0 Å². The lowest BCUT2D eigenvalue weighted by atomic mass is 9.73. The first-order chi connectivity index (χ1) is 6.80. The van der Waals surface area contributed by atoms with E-state index in [1.807, 2.05) is 0 Å². The van der Waals surface area contributed by atoms with E-state index in [0.717, 1.165) is 12.2 Å². The fraction of sp³-hybridized carbons (Fsp3) is 0.571. The van der Waals surface area contributed by atoms with Gasteiger partial charge in [0.15, 0.2) is 0 Å². The second-order valence-electron chi connectivity index (χ2n) is 5.92. The zero-order valence-electron chi connectivity index (χ0n) is 10.3. The maximum absolute atomic E-state index is 6.01. The van der Waals surface area contributed by atoms with E-state index in [9.17, 15) is 0 Å². The van der Waals surface area contributed by atoms with Crippen LogP contribution in [0.5, 0.6) is 5.75 Å². The van der Waals surface area contributed by atoms with E-state index >= 15 is 0 Å². The van der Waals surface area contributed by atoms with E-state index in [1.54, 1.807) is 0 Å². The molecule has 1 aromatic rings. The third-order valence-corrected chi connectivity index (χ3v) is 3.12. The average molecular weight is 204 g/mol. The molecular formula is C14H20O. The van der Waals surface area contributed by atoms with Crippen molar-refractivity contribution in [2.24, 2.45) is 0 Å². The molecule has 0 radical (unpaired) electrons. The quantitative estimate of drug-likeness (QED) is 0.624. The Labute approximate surface area is 92.5 Å². The molecule has 0 saturated heterocycles. The van der Waals surface area contributed by atoms with Gasteiger partial charge in [0.05, 0.1) is 0 Å². The normalized spacial score (nSPS) is 21.7. The van der Waals surface area contributed by atoms with Crippen molar-refractivity contribution in [3.63, 3.8) is 0 Å². The van der Waals surface area contributed by atoms with Gasteiger partial charge in [-0.25, -0.2) is 0 Å². The second kappa shape index (κ2) is 3.01. The molecule has 82 valence electrons. The SMILES string of the molecule is Cc1ccc2c(c1)C(C)(C)CC(C)(C)O2. The van der Waals surface area contributed by atoms with Crippen LogP contribution in [0.1, 0.15) is 45.2 Å². The van der Waals surface area contributed by atoms with Crippen LogP contribution >= 0.6 is 0 Å². The van der Waals surface area contributed by atoms with Gasteiger partial charge in [0, 0.05) is 5.56 Å². The van der Waals surface area contributed by atoms with E-state index in [2.05, 4.69) is 52.8 Å². The number of aryl methyl sites for hydroxylation is 1. The molecule has 0 bridgehead atoms. The molecule has 0 aromatic heterocycles. The lowest BCUT2D eigenvalue weighted by Crippen LogP contribution is -2.41. The van der Waals surface area contributed by atoms with Crippen molar-refractivity contribution in [3.05, 3.63) is 29.3 Å². The summed E-state index contributed by atoms with van der Waals surface area (Å²) in [4.78, 5) is 0. The second-order valence-corrected chi connectivity index (χ2v) is 5.92. The molecule has 0 saturated carbocycles. The number of hydrogen-bond donors (Lipinski definition) is 0. The van der Waals surface area contributed by atoms with Crippen LogP contribution in [0.3, 0.4) is 0 Å². The zero-order chi connectivity index (χ0) is 11.3. The monoisotopic (exact) mass is 204 g/mol. The fourth-order valence-electron chi connectivity index (χ4n) is 2.75. The van der Waals surface area contributed by atoms with Crippen molar-refractivity contribution >= 4 is 0 Å². The van der Waals surface area contributed by atoms with Crippen LogP contribution in [-0.2, 0) is 5.41 Å². The summed E-state index contributed by atoms with van der Waals surface area (Å²) in [5, 5.41) is 0. The van der Waals surface area contributed by atoms with Crippen molar-refractivity contribution in [1.82, 2.24) is 0 Å². The number of ether oxygens (including phenoxy) is 1. The van der Waals surface area contributed by atoms with Crippen LogP contribution in [0.25, 0.3) is 0 Å². The van der Waals surface area contributed by atoms with Crippen molar-refractivity contribution in [3.8, 4) is 5.75 Å². The highest BCUT2D eigenvalue weighted by atomic mass is 16.5. The first kappa shape index (κ1) is 10.5. The van der Waals surface area contributed by atoms with E-state index in [0.29, 0.717) is 0 Å². The van der Waals surface area contributed by atoms with E-state index in [1.165, 1.54) is 11.1 Å². The highest BCUT2D eigenvalue weighted by molar-refractivity contribution is 5.44. The Morgan fingerprint density at radius 3 is 2.47 bits per heavy atom. The molecule has 0 unspecified atom stereocenters. The Kier molecular flexibility index (Phi) is 2.11. The number of hydrogen-bond acceptors (Lipinski definition) is 1. The molecule has 1 heterocycles. The predicted molar refractivity (Wildman–Crippen MR) is 63.5 cm³/mol. The predicted octanol–water partition coefficient (Wildman–Crippen LogP) is 3.83. The molecule has 0 amide bonds. The summed E-state index contributed by atoms with van der Waals surface area (Å²) >= 11 is 0. The minimum Gasteiger partial charge on any atom is -0.488 e. The molecule has 0 atom stereocenters. The molecule has 0 N–H and O–H groups in total. The Bertz CT molecular complexity index is 388. The average Bonchev–Trinajstić information content (AvgIpc) is 2.03. The van der Waals surface area contributed by atoms with E-state index in [4.69, 9.17) is 4.74 Å². The van der Waals surface area contributed by atoms with Gasteiger partial charge in [-0.3, -0.25) is 0 Å². The third kappa shape index (κ3) is 1.88. The van der Waals surface area contributed by atoms with E-state index < -0.39 is 0 Å². The molecule has 0 fully saturated rings. The Morgan fingerprint density at radius 1 is 1.13 bits per heavy atom. The molecule has 0 spiro atoms. The van der Waals surface area contributed by atoms with Gasteiger partial charge in [-0.05, 0) is 38.7 Å². The highest BCUT2D eigenvalue weighted by Gasteiger charge is 2.38. The summed E-state index contributed by atoms with van der Waals surface area (Å²) in [6.07, 6.45) is 1.07. The molecule has 1 aliphatic heterocycles. The summed E-state index contributed by atoms with van der Waals surface area (Å²) in [5.74, 6) is 1.06. The first-order valence-corrected chi connectivity index (χ1v) is 5.60. The zero-order valence-corrected chi connectivity index (χ0v) is 10.3. The summed E-state index contributed by atoms with van der Waals surface area (Å²) in [6.45, 7) is 11.1. The van der Waals surface area contributed by atoms with Crippen LogP contribution in [0.15, 0.2) is 18.2 Å². The van der Waals surface area contributed by atoms with Gasteiger partial charge in [-0.1, -0.05) is 31.5 Å². The lowest BCUT2D eigenvalue weighted by Gasteiger charge is -2.42.